The minimum absolute atomic E-state index is 0.0108. The van der Waals surface area contributed by atoms with Gasteiger partial charge in [-0.3, -0.25) is 14.4 Å². The molecule has 40 heavy (non-hydrogen) atoms. The molecule has 6 nitrogen and oxygen atoms in total. The van der Waals surface area contributed by atoms with Crippen LogP contribution in [0.4, 0.5) is 0 Å². The van der Waals surface area contributed by atoms with Gasteiger partial charge in [-0.05, 0) is 104 Å². The van der Waals surface area contributed by atoms with E-state index in [4.69, 9.17) is 9.84 Å². The summed E-state index contributed by atoms with van der Waals surface area (Å²) < 4.78 is 5.96. The Labute approximate surface area is 240 Å². The molecule has 0 spiro atoms. The predicted octanol–water partition coefficient (Wildman–Crippen LogP) is 7.51. The van der Waals surface area contributed by atoms with Gasteiger partial charge in [0.15, 0.2) is 0 Å². The van der Waals surface area contributed by atoms with Crippen LogP contribution in [0.1, 0.15) is 119 Å². The Hall–Kier alpha value is -1.85. The standard InChI is InChI=1S/C34H52O6/c1-20-12-17-34(29(38)39)19-18-32(6)22(28(34)21(20)2)8-9-24-31(5)15-14-25(40-27(37)11-10-26(35)36)30(3,4)23(31)13-16-33(24,32)7/h8,20-21,23-25,28H,9-19H2,1-7H3,(H,35,36)(H,38,39)/t20-,21+,23+,24-,25+,28+,31+,32-,33-,34+/m1/s1. The summed E-state index contributed by atoms with van der Waals surface area (Å²) in [5.74, 6) is -0.0443. The summed E-state index contributed by atoms with van der Waals surface area (Å²) in [5.41, 5.74) is 0.819. The smallest absolute Gasteiger partial charge is 0.310 e. The van der Waals surface area contributed by atoms with Crippen molar-refractivity contribution in [1.29, 1.82) is 0 Å². The molecule has 6 heteroatoms. The average Bonchev–Trinajstić information content (AvgIpc) is 2.87. The van der Waals surface area contributed by atoms with Crippen molar-refractivity contribution in [3.05, 3.63) is 11.6 Å². The molecule has 0 saturated heterocycles. The minimum atomic E-state index is -0.974. The van der Waals surface area contributed by atoms with Gasteiger partial charge in [-0.25, -0.2) is 0 Å². The molecule has 0 aromatic heterocycles. The highest BCUT2D eigenvalue weighted by Crippen LogP contribution is 2.75. The summed E-state index contributed by atoms with van der Waals surface area (Å²) in [6, 6.07) is 0. The molecule has 224 valence electrons. The lowest BCUT2D eigenvalue weighted by atomic mass is 9.33. The number of esters is 1. The third-order valence-corrected chi connectivity index (χ3v) is 14.2. The van der Waals surface area contributed by atoms with E-state index in [1.54, 1.807) is 0 Å². The maximum absolute atomic E-state index is 12.9. The molecule has 0 aromatic rings. The van der Waals surface area contributed by atoms with Crippen LogP contribution >= 0.6 is 0 Å². The molecule has 0 heterocycles. The summed E-state index contributed by atoms with van der Waals surface area (Å²) in [6.45, 7) is 16.6. The van der Waals surface area contributed by atoms with E-state index in [1.807, 2.05) is 0 Å². The second kappa shape index (κ2) is 9.59. The Bertz CT molecular complexity index is 1110. The van der Waals surface area contributed by atoms with Gasteiger partial charge < -0.3 is 14.9 Å². The largest absolute Gasteiger partial charge is 0.481 e. The second-order valence-electron chi connectivity index (χ2n) is 15.8. The molecule has 0 radical (unpaired) electrons. The van der Waals surface area contributed by atoms with Gasteiger partial charge in [0.25, 0.3) is 0 Å². The van der Waals surface area contributed by atoms with Crippen LogP contribution < -0.4 is 0 Å². The van der Waals surface area contributed by atoms with Gasteiger partial charge in [-0.1, -0.05) is 60.1 Å². The number of rotatable bonds is 5. The van der Waals surface area contributed by atoms with Crippen LogP contribution in [-0.4, -0.2) is 34.2 Å². The first-order valence-electron chi connectivity index (χ1n) is 15.9. The van der Waals surface area contributed by atoms with Crippen LogP contribution in [0.3, 0.4) is 0 Å². The SMILES string of the molecule is C[C@H]1[C@H](C)CC[C@]2(C(=O)O)CC[C@]3(C)C(=CC[C@@H]4[C@@]5(C)CC[C@H](OC(=O)CCC(=O)O)C(C)(C)[C@@H]5CC[C@]43C)[C@H]12. The summed E-state index contributed by atoms with van der Waals surface area (Å²) in [7, 11) is 0. The van der Waals surface area contributed by atoms with E-state index >= 15 is 0 Å². The Balaban J connectivity index is 1.47. The molecular formula is C34H52O6. The van der Waals surface area contributed by atoms with Crippen LogP contribution in [0.15, 0.2) is 11.6 Å². The lowest BCUT2D eigenvalue weighted by molar-refractivity contribution is -0.214. The van der Waals surface area contributed by atoms with Gasteiger partial charge in [0, 0.05) is 5.41 Å². The zero-order chi connectivity index (χ0) is 29.5. The van der Waals surface area contributed by atoms with E-state index in [2.05, 4.69) is 54.5 Å². The van der Waals surface area contributed by atoms with Gasteiger partial charge in [-0.15, -0.1) is 0 Å². The van der Waals surface area contributed by atoms with Crippen molar-refractivity contribution in [2.45, 2.75) is 125 Å². The summed E-state index contributed by atoms with van der Waals surface area (Å²) >= 11 is 0. The highest BCUT2D eigenvalue weighted by Gasteiger charge is 2.69. The number of fused-ring (bicyclic) bond motifs is 7. The van der Waals surface area contributed by atoms with E-state index in [0.717, 1.165) is 57.8 Å². The zero-order valence-electron chi connectivity index (χ0n) is 25.8. The molecule has 0 aliphatic heterocycles. The lowest BCUT2D eigenvalue weighted by Gasteiger charge is -2.71. The Morgan fingerprint density at radius 1 is 0.875 bits per heavy atom. The van der Waals surface area contributed by atoms with Crippen LogP contribution in [0.25, 0.3) is 0 Å². The molecule has 5 rings (SSSR count). The van der Waals surface area contributed by atoms with Crippen molar-refractivity contribution in [1.82, 2.24) is 0 Å². The molecule has 5 aliphatic carbocycles. The number of allylic oxidation sites excluding steroid dienone is 2. The van der Waals surface area contributed by atoms with E-state index in [-0.39, 0.29) is 46.5 Å². The van der Waals surface area contributed by atoms with Crippen molar-refractivity contribution < 1.29 is 29.3 Å². The lowest BCUT2D eigenvalue weighted by Crippen LogP contribution is -2.65. The molecule has 5 aliphatic rings. The van der Waals surface area contributed by atoms with Gasteiger partial charge in [0.1, 0.15) is 6.10 Å². The Morgan fingerprint density at radius 3 is 2.23 bits per heavy atom. The van der Waals surface area contributed by atoms with Crippen molar-refractivity contribution in [3.63, 3.8) is 0 Å². The zero-order valence-corrected chi connectivity index (χ0v) is 25.8. The van der Waals surface area contributed by atoms with Crippen LogP contribution in [0, 0.1) is 56.7 Å². The molecule has 0 aromatic carbocycles. The molecule has 10 atom stereocenters. The topological polar surface area (TPSA) is 101 Å². The first-order chi connectivity index (χ1) is 18.5. The number of carboxylic acid groups (broad SMARTS) is 2. The fourth-order valence-corrected chi connectivity index (χ4v) is 11.5. The minimum Gasteiger partial charge on any atom is -0.481 e. The normalized spacial score (nSPS) is 47.4. The summed E-state index contributed by atoms with van der Waals surface area (Å²) in [6.07, 6.45) is 10.6. The number of aliphatic carboxylic acids is 2. The molecule has 4 fully saturated rings. The molecule has 0 unspecified atom stereocenters. The van der Waals surface area contributed by atoms with Crippen molar-refractivity contribution >= 4 is 17.9 Å². The molecule has 0 amide bonds. The number of hydrogen-bond donors (Lipinski definition) is 2. The summed E-state index contributed by atoms with van der Waals surface area (Å²) in [5, 5.41) is 19.6. The highest BCUT2D eigenvalue weighted by molar-refractivity contribution is 5.77. The van der Waals surface area contributed by atoms with Gasteiger partial charge in [-0.2, -0.15) is 0 Å². The fourth-order valence-electron chi connectivity index (χ4n) is 11.5. The number of carbonyl (C=O) groups is 3. The number of carboxylic acids is 2. The first-order valence-corrected chi connectivity index (χ1v) is 15.9. The molecular weight excluding hydrogens is 504 g/mol. The molecule has 2 N–H and O–H groups in total. The van der Waals surface area contributed by atoms with Crippen LogP contribution in [0.5, 0.6) is 0 Å². The van der Waals surface area contributed by atoms with E-state index < -0.39 is 23.3 Å². The third kappa shape index (κ3) is 3.96. The maximum atomic E-state index is 12.9. The van der Waals surface area contributed by atoms with Crippen LogP contribution in [0.2, 0.25) is 0 Å². The van der Waals surface area contributed by atoms with E-state index in [0.29, 0.717) is 23.7 Å². The predicted molar refractivity (Wildman–Crippen MR) is 153 cm³/mol. The summed E-state index contributed by atoms with van der Waals surface area (Å²) in [4.78, 5) is 36.4. The Morgan fingerprint density at radius 2 is 1.57 bits per heavy atom. The maximum Gasteiger partial charge on any atom is 0.310 e. The van der Waals surface area contributed by atoms with Gasteiger partial charge in [0.05, 0.1) is 18.3 Å². The number of ether oxygens (including phenoxy) is 1. The quantitative estimate of drug-likeness (QED) is 0.268. The van der Waals surface area contributed by atoms with E-state index in [9.17, 15) is 19.5 Å². The number of carbonyl (C=O) groups excluding carboxylic acids is 1. The third-order valence-electron chi connectivity index (χ3n) is 14.2. The van der Waals surface area contributed by atoms with Gasteiger partial charge >= 0.3 is 17.9 Å². The van der Waals surface area contributed by atoms with Crippen LogP contribution in [-0.2, 0) is 19.1 Å². The molecule has 4 saturated carbocycles. The fraction of sp³-hybridized carbons (Fsp3) is 0.853. The van der Waals surface area contributed by atoms with Crippen molar-refractivity contribution in [2.75, 3.05) is 0 Å². The second-order valence-corrected chi connectivity index (χ2v) is 15.8. The average molecular weight is 557 g/mol. The van der Waals surface area contributed by atoms with Crippen molar-refractivity contribution in [3.8, 4) is 0 Å². The highest BCUT2D eigenvalue weighted by atomic mass is 16.5. The van der Waals surface area contributed by atoms with Gasteiger partial charge in [0.2, 0.25) is 0 Å². The molecule has 0 bridgehead atoms. The monoisotopic (exact) mass is 556 g/mol. The van der Waals surface area contributed by atoms with E-state index in [1.165, 1.54) is 5.57 Å². The van der Waals surface area contributed by atoms with Crippen molar-refractivity contribution in [2.24, 2.45) is 56.7 Å². The number of hydrogen-bond acceptors (Lipinski definition) is 4. The first kappa shape index (κ1) is 29.6. The Kier molecular flexibility index (Phi) is 7.11.